The summed E-state index contributed by atoms with van der Waals surface area (Å²) in [5, 5.41) is 3.87. The molecule has 0 amide bonds. The molecular formula is C20H22N2O3S2. The number of hydrogen-bond acceptors (Lipinski definition) is 5. The Morgan fingerprint density at radius 3 is 2.56 bits per heavy atom. The Balaban J connectivity index is 1.42. The van der Waals surface area contributed by atoms with Crippen LogP contribution in [-0.4, -0.2) is 31.0 Å². The number of aromatic nitrogens is 1. The summed E-state index contributed by atoms with van der Waals surface area (Å²) in [7, 11) is -3.45. The Hall–Kier alpha value is -1.96. The molecule has 27 heavy (non-hydrogen) atoms. The summed E-state index contributed by atoms with van der Waals surface area (Å²) < 4.78 is 33.2. The van der Waals surface area contributed by atoms with Gasteiger partial charge in [-0.15, -0.1) is 11.3 Å². The SMILES string of the molecule is Cc1cc(-c2ccc(S(=O)(=O)N3CCC(Cc4ccccc4)CC3)s2)on1. The Morgan fingerprint density at radius 2 is 1.89 bits per heavy atom. The van der Waals surface area contributed by atoms with Crippen LogP contribution in [0.15, 0.2) is 57.3 Å². The number of nitrogens with zero attached hydrogens (tertiary/aromatic N) is 2. The van der Waals surface area contributed by atoms with E-state index < -0.39 is 10.0 Å². The lowest BCUT2D eigenvalue weighted by Crippen LogP contribution is -2.38. The minimum atomic E-state index is -3.45. The molecule has 142 valence electrons. The summed E-state index contributed by atoms with van der Waals surface area (Å²) in [6.07, 6.45) is 2.81. The molecule has 5 nitrogen and oxygen atoms in total. The summed E-state index contributed by atoms with van der Waals surface area (Å²) in [6, 6.07) is 15.7. The topological polar surface area (TPSA) is 63.4 Å². The Labute approximate surface area is 163 Å². The van der Waals surface area contributed by atoms with Gasteiger partial charge in [0.2, 0.25) is 0 Å². The summed E-state index contributed by atoms with van der Waals surface area (Å²) in [5.74, 6) is 1.15. The summed E-state index contributed by atoms with van der Waals surface area (Å²) in [4.78, 5) is 0.785. The van der Waals surface area contributed by atoms with Gasteiger partial charge in [-0.05, 0) is 49.8 Å². The van der Waals surface area contributed by atoms with Crippen LogP contribution < -0.4 is 0 Å². The number of sulfonamides is 1. The van der Waals surface area contributed by atoms with E-state index in [1.54, 1.807) is 16.4 Å². The zero-order chi connectivity index (χ0) is 18.9. The molecule has 0 unspecified atom stereocenters. The standard InChI is InChI=1S/C20H22N2O3S2/c1-15-13-18(25-21-15)19-7-8-20(26-19)27(23,24)22-11-9-17(10-12-22)14-16-5-3-2-4-6-16/h2-8,13,17H,9-12,14H2,1H3. The largest absolute Gasteiger partial charge is 0.355 e. The third kappa shape index (κ3) is 4.00. The van der Waals surface area contributed by atoms with Crippen LogP contribution in [0.1, 0.15) is 24.1 Å². The van der Waals surface area contributed by atoms with Gasteiger partial charge in [-0.2, -0.15) is 4.31 Å². The van der Waals surface area contributed by atoms with Crippen LogP contribution in [0.5, 0.6) is 0 Å². The Bertz CT molecular complexity index is 1000. The van der Waals surface area contributed by atoms with Crippen LogP contribution in [0.4, 0.5) is 0 Å². The van der Waals surface area contributed by atoms with Crippen LogP contribution >= 0.6 is 11.3 Å². The smallest absolute Gasteiger partial charge is 0.252 e. The van der Waals surface area contributed by atoms with Gasteiger partial charge in [-0.3, -0.25) is 0 Å². The van der Waals surface area contributed by atoms with Gasteiger partial charge < -0.3 is 4.52 Å². The first-order valence-electron chi connectivity index (χ1n) is 9.10. The zero-order valence-electron chi connectivity index (χ0n) is 15.2. The van der Waals surface area contributed by atoms with Crippen molar-refractivity contribution in [1.82, 2.24) is 9.46 Å². The molecular weight excluding hydrogens is 380 g/mol. The first-order chi connectivity index (χ1) is 13.0. The Morgan fingerprint density at radius 1 is 1.15 bits per heavy atom. The highest BCUT2D eigenvalue weighted by Crippen LogP contribution is 2.34. The third-order valence-corrected chi connectivity index (χ3v) is 8.45. The maximum Gasteiger partial charge on any atom is 0.252 e. The van der Waals surface area contributed by atoms with Crippen molar-refractivity contribution in [2.75, 3.05) is 13.1 Å². The molecule has 1 aromatic carbocycles. The normalized spacial score (nSPS) is 16.6. The van der Waals surface area contributed by atoms with Crippen LogP contribution in [0.3, 0.4) is 0 Å². The molecule has 3 aromatic rings. The molecule has 0 saturated carbocycles. The van der Waals surface area contributed by atoms with E-state index in [4.69, 9.17) is 4.52 Å². The highest BCUT2D eigenvalue weighted by Gasteiger charge is 2.30. The lowest BCUT2D eigenvalue weighted by molar-refractivity contribution is 0.273. The fraction of sp³-hybridized carbons (Fsp3) is 0.350. The van der Waals surface area contributed by atoms with E-state index in [1.165, 1.54) is 16.9 Å². The number of piperidine rings is 1. The number of rotatable bonds is 5. The molecule has 0 aliphatic carbocycles. The van der Waals surface area contributed by atoms with Crippen molar-refractivity contribution in [3.63, 3.8) is 0 Å². The fourth-order valence-corrected chi connectivity index (χ4v) is 6.38. The van der Waals surface area contributed by atoms with E-state index in [2.05, 4.69) is 29.4 Å². The van der Waals surface area contributed by atoms with E-state index >= 15 is 0 Å². The van der Waals surface area contributed by atoms with Gasteiger partial charge in [-0.1, -0.05) is 35.5 Å². The average molecular weight is 403 g/mol. The molecule has 1 fully saturated rings. The van der Waals surface area contributed by atoms with Gasteiger partial charge in [0.05, 0.1) is 10.6 Å². The van der Waals surface area contributed by atoms with E-state index in [9.17, 15) is 8.42 Å². The van der Waals surface area contributed by atoms with Crippen molar-refractivity contribution in [2.24, 2.45) is 5.92 Å². The minimum Gasteiger partial charge on any atom is -0.355 e. The van der Waals surface area contributed by atoms with E-state index in [-0.39, 0.29) is 0 Å². The van der Waals surface area contributed by atoms with Crippen molar-refractivity contribution in [1.29, 1.82) is 0 Å². The molecule has 1 aliphatic rings. The third-order valence-electron chi connectivity index (χ3n) is 4.99. The van der Waals surface area contributed by atoms with Gasteiger partial charge in [0.15, 0.2) is 5.76 Å². The van der Waals surface area contributed by atoms with Crippen LogP contribution in [0, 0.1) is 12.8 Å². The van der Waals surface area contributed by atoms with E-state index in [1.807, 2.05) is 19.1 Å². The number of hydrogen-bond donors (Lipinski definition) is 0. The monoisotopic (exact) mass is 402 g/mol. The van der Waals surface area contributed by atoms with Crippen LogP contribution in [0.25, 0.3) is 10.6 Å². The predicted molar refractivity (Wildman–Crippen MR) is 106 cm³/mol. The van der Waals surface area contributed by atoms with Crippen LogP contribution in [-0.2, 0) is 16.4 Å². The van der Waals surface area contributed by atoms with Gasteiger partial charge in [0, 0.05) is 19.2 Å². The van der Waals surface area contributed by atoms with E-state index in [0.717, 1.165) is 29.8 Å². The number of aryl methyl sites for hydroxylation is 1. The summed E-state index contributed by atoms with van der Waals surface area (Å²) in [6.45, 7) is 3.00. The van der Waals surface area contributed by atoms with Gasteiger partial charge in [-0.25, -0.2) is 8.42 Å². The molecule has 0 N–H and O–H groups in total. The molecule has 0 radical (unpaired) electrons. The van der Waals surface area contributed by atoms with Gasteiger partial charge in [0.1, 0.15) is 4.21 Å². The first kappa shape index (κ1) is 18.4. The minimum absolute atomic E-state index is 0.369. The van der Waals surface area contributed by atoms with Crippen molar-refractivity contribution in [3.8, 4) is 10.6 Å². The van der Waals surface area contributed by atoms with Crippen molar-refractivity contribution < 1.29 is 12.9 Å². The quantitative estimate of drug-likeness (QED) is 0.636. The first-order valence-corrected chi connectivity index (χ1v) is 11.4. The number of thiophene rings is 1. The van der Waals surface area contributed by atoms with Crippen LogP contribution in [0.2, 0.25) is 0 Å². The van der Waals surface area contributed by atoms with Gasteiger partial charge >= 0.3 is 0 Å². The maximum absolute atomic E-state index is 13.0. The zero-order valence-corrected chi connectivity index (χ0v) is 16.8. The second-order valence-electron chi connectivity index (χ2n) is 6.99. The van der Waals surface area contributed by atoms with Gasteiger partial charge in [0.25, 0.3) is 10.0 Å². The van der Waals surface area contributed by atoms with Crippen molar-refractivity contribution >= 4 is 21.4 Å². The number of benzene rings is 1. The predicted octanol–water partition coefficient (Wildman–Crippen LogP) is 4.35. The molecule has 1 aliphatic heterocycles. The second-order valence-corrected chi connectivity index (χ2v) is 10.2. The molecule has 0 spiro atoms. The average Bonchev–Trinajstić information content (AvgIpc) is 3.32. The molecule has 1 saturated heterocycles. The van der Waals surface area contributed by atoms with Crippen molar-refractivity contribution in [3.05, 3.63) is 59.8 Å². The summed E-state index contributed by atoms with van der Waals surface area (Å²) in [5.41, 5.74) is 2.10. The fourth-order valence-electron chi connectivity index (χ4n) is 3.50. The molecule has 0 atom stereocenters. The Kier molecular flexibility index (Phi) is 5.16. The highest BCUT2D eigenvalue weighted by atomic mass is 32.2. The summed E-state index contributed by atoms with van der Waals surface area (Å²) >= 11 is 1.24. The molecule has 4 rings (SSSR count). The molecule has 2 aromatic heterocycles. The van der Waals surface area contributed by atoms with E-state index in [0.29, 0.717) is 29.0 Å². The van der Waals surface area contributed by atoms with Crippen molar-refractivity contribution in [2.45, 2.75) is 30.4 Å². The molecule has 3 heterocycles. The lowest BCUT2D eigenvalue weighted by atomic mass is 9.91. The lowest BCUT2D eigenvalue weighted by Gasteiger charge is -2.30. The molecule has 0 bridgehead atoms. The second kappa shape index (κ2) is 7.58. The highest BCUT2D eigenvalue weighted by molar-refractivity contribution is 7.91. The molecule has 7 heteroatoms. The maximum atomic E-state index is 13.0.